The first-order valence-corrected chi connectivity index (χ1v) is 15.0. The van der Waals surface area contributed by atoms with Crippen LogP contribution in [0.25, 0.3) is 10.8 Å². The summed E-state index contributed by atoms with van der Waals surface area (Å²) in [6.07, 6.45) is 1.90. The molecule has 1 atom stereocenters. The lowest BCUT2D eigenvalue weighted by atomic mass is 10.0. The third kappa shape index (κ3) is 7.77. The number of benzene rings is 2. The molecule has 2 aromatic heterocycles. The van der Waals surface area contributed by atoms with Gasteiger partial charge in [-0.3, -0.25) is 14.4 Å². The lowest BCUT2D eigenvalue weighted by molar-refractivity contribution is -0.142. The van der Waals surface area contributed by atoms with Gasteiger partial charge in [0.25, 0.3) is 0 Å². The number of thioether (sulfide) groups is 1. The SMILES string of the molecule is O=C(O)CC(SCC(=O)NCc1ccc(N2CCN(c3nnc(Cc4ccccc4)c4ccccc34)CC2)nc1)C(=O)O. The Morgan fingerprint density at radius 1 is 0.837 bits per heavy atom. The molecule has 1 aliphatic rings. The Balaban J connectivity index is 1.14. The molecule has 5 rings (SSSR count). The number of carboxylic acids is 2. The predicted octanol–water partition coefficient (Wildman–Crippen LogP) is 3.22. The molecule has 0 bridgehead atoms. The molecular formula is C31H32N6O5S. The number of aromatic nitrogens is 3. The highest BCUT2D eigenvalue weighted by molar-refractivity contribution is 8.01. The number of hydrogen-bond donors (Lipinski definition) is 3. The van der Waals surface area contributed by atoms with Crippen LogP contribution in [0.3, 0.4) is 0 Å². The summed E-state index contributed by atoms with van der Waals surface area (Å²) in [4.78, 5) is 43.2. The zero-order valence-electron chi connectivity index (χ0n) is 23.4. The summed E-state index contributed by atoms with van der Waals surface area (Å²) in [7, 11) is 0. The maximum Gasteiger partial charge on any atom is 0.317 e. The number of carbonyl (C=O) groups is 3. The van der Waals surface area contributed by atoms with Crippen molar-refractivity contribution in [3.05, 3.63) is 89.7 Å². The molecule has 1 amide bonds. The van der Waals surface area contributed by atoms with Gasteiger partial charge < -0.3 is 25.3 Å². The molecule has 1 aliphatic heterocycles. The van der Waals surface area contributed by atoms with E-state index < -0.39 is 23.6 Å². The van der Waals surface area contributed by atoms with E-state index >= 15 is 0 Å². The summed E-state index contributed by atoms with van der Waals surface area (Å²) in [5.74, 6) is -1.25. The van der Waals surface area contributed by atoms with Gasteiger partial charge in [-0.2, -0.15) is 5.10 Å². The minimum absolute atomic E-state index is 0.143. The largest absolute Gasteiger partial charge is 0.481 e. The number of hydrogen-bond acceptors (Lipinski definition) is 9. The first-order valence-electron chi connectivity index (χ1n) is 13.9. The standard InChI is InChI=1S/C31H32N6O5S/c38-28(20-43-26(31(41)42)17-29(39)40)33-19-22-10-11-27(32-18-22)36-12-14-37(15-13-36)30-24-9-5-4-8-23(24)25(34-35-30)16-21-6-2-1-3-7-21/h1-11,18,26H,12-17,19-20H2,(H,33,38)(H,39,40)(H,41,42). The molecular weight excluding hydrogens is 568 g/mol. The van der Waals surface area contributed by atoms with Crippen LogP contribution in [-0.4, -0.2) is 80.4 Å². The normalized spacial score (nSPS) is 14.0. The zero-order chi connectivity index (χ0) is 30.2. The Hall–Kier alpha value is -4.71. The van der Waals surface area contributed by atoms with E-state index in [1.807, 2.05) is 42.5 Å². The molecule has 3 heterocycles. The van der Waals surface area contributed by atoms with Gasteiger partial charge in [-0.25, -0.2) is 4.98 Å². The van der Waals surface area contributed by atoms with Crippen LogP contribution in [0, 0.1) is 0 Å². The van der Waals surface area contributed by atoms with Gasteiger partial charge in [0.15, 0.2) is 5.82 Å². The van der Waals surface area contributed by atoms with Gasteiger partial charge in [0.05, 0.1) is 17.9 Å². The van der Waals surface area contributed by atoms with Gasteiger partial charge in [-0.1, -0.05) is 60.7 Å². The van der Waals surface area contributed by atoms with Crippen LogP contribution in [0.1, 0.15) is 23.2 Å². The van der Waals surface area contributed by atoms with Crippen molar-refractivity contribution in [2.24, 2.45) is 0 Å². The van der Waals surface area contributed by atoms with Gasteiger partial charge in [-0.05, 0) is 17.2 Å². The van der Waals surface area contributed by atoms with Crippen molar-refractivity contribution in [1.82, 2.24) is 20.5 Å². The monoisotopic (exact) mass is 600 g/mol. The third-order valence-electron chi connectivity index (χ3n) is 7.21. The van der Waals surface area contributed by atoms with Crippen molar-refractivity contribution in [1.29, 1.82) is 0 Å². The number of amides is 1. The average molecular weight is 601 g/mol. The minimum atomic E-state index is -1.25. The molecule has 0 radical (unpaired) electrons. The summed E-state index contributed by atoms with van der Waals surface area (Å²) < 4.78 is 0. The second-order valence-corrected chi connectivity index (χ2v) is 11.4. The molecule has 11 nitrogen and oxygen atoms in total. The van der Waals surface area contributed by atoms with Crippen molar-refractivity contribution in [2.75, 3.05) is 41.7 Å². The fourth-order valence-corrected chi connectivity index (χ4v) is 5.82. The molecule has 0 aliphatic carbocycles. The number of piperazine rings is 1. The highest BCUT2D eigenvalue weighted by Crippen LogP contribution is 2.28. The lowest BCUT2D eigenvalue weighted by Gasteiger charge is -2.36. The van der Waals surface area contributed by atoms with Gasteiger partial charge in [0.1, 0.15) is 11.1 Å². The Morgan fingerprint density at radius 2 is 1.53 bits per heavy atom. The molecule has 4 aromatic rings. The average Bonchev–Trinajstić information content (AvgIpc) is 3.03. The molecule has 2 aromatic carbocycles. The van der Waals surface area contributed by atoms with Gasteiger partial charge in [0, 0.05) is 56.1 Å². The second kappa shape index (κ2) is 14.0. The van der Waals surface area contributed by atoms with Crippen molar-refractivity contribution in [2.45, 2.75) is 24.6 Å². The summed E-state index contributed by atoms with van der Waals surface area (Å²) >= 11 is 0.795. The van der Waals surface area contributed by atoms with Crippen LogP contribution in [0.2, 0.25) is 0 Å². The van der Waals surface area contributed by atoms with Gasteiger partial charge in [0.2, 0.25) is 5.91 Å². The van der Waals surface area contributed by atoms with Crippen molar-refractivity contribution in [3.63, 3.8) is 0 Å². The van der Waals surface area contributed by atoms with E-state index in [2.05, 4.69) is 54.6 Å². The smallest absolute Gasteiger partial charge is 0.317 e. The number of nitrogens with zero attached hydrogens (tertiary/aromatic N) is 5. The number of fused-ring (bicyclic) bond motifs is 1. The molecule has 1 saturated heterocycles. The van der Waals surface area contributed by atoms with Crippen LogP contribution >= 0.6 is 11.8 Å². The molecule has 1 unspecified atom stereocenters. The van der Waals surface area contributed by atoms with Gasteiger partial charge in [-0.15, -0.1) is 16.9 Å². The van der Waals surface area contributed by atoms with E-state index in [0.717, 1.165) is 78.0 Å². The van der Waals surface area contributed by atoms with Crippen LogP contribution < -0.4 is 15.1 Å². The van der Waals surface area contributed by atoms with E-state index in [1.54, 1.807) is 6.20 Å². The summed E-state index contributed by atoms with van der Waals surface area (Å²) in [5.41, 5.74) is 2.97. The Labute approximate surface area is 252 Å². The third-order valence-corrected chi connectivity index (χ3v) is 8.41. The summed E-state index contributed by atoms with van der Waals surface area (Å²) in [5, 5.41) is 31.0. The number of pyridine rings is 1. The predicted molar refractivity (Wildman–Crippen MR) is 165 cm³/mol. The summed E-state index contributed by atoms with van der Waals surface area (Å²) in [6, 6.07) is 22.4. The number of carbonyl (C=O) groups excluding carboxylic acids is 1. The number of carboxylic acid groups (broad SMARTS) is 2. The van der Waals surface area contributed by atoms with Crippen LogP contribution in [-0.2, 0) is 27.3 Å². The maximum atomic E-state index is 12.2. The molecule has 0 saturated carbocycles. The van der Waals surface area contributed by atoms with Gasteiger partial charge >= 0.3 is 11.9 Å². The van der Waals surface area contributed by atoms with E-state index in [9.17, 15) is 14.4 Å². The Kier molecular flexibility index (Phi) is 9.67. The Bertz CT molecular complexity index is 1580. The highest BCUT2D eigenvalue weighted by Gasteiger charge is 2.23. The van der Waals surface area contributed by atoms with Crippen LogP contribution in [0.5, 0.6) is 0 Å². The molecule has 3 N–H and O–H groups in total. The quantitative estimate of drug-likeness (QED) is 0.220. The number of nitrogens with one attached hydrogen (secondary N) is 1. The minimum Gasteiger partial charge on any atom is -0.481 e. The molecule has 43 heavy (non-hydrogen) atoms. The fourth-order valence-electron chi connectivity index (χ4n) is 4.96. The summed E-state index contributed by atoms with van der Waals surface area (Å²) in [6.45, 7) is 3.32. The first kappa shape index (κ1) is 29.8. The topological polar surface area (TPSA) is 149 Å². The molecule has 1 fully saturated rings. The zero-order valence-corrected chi connectivity index (χ0v) is 24.2. The van der Waals surface area contributed by atoms with E-state index in [-0.39, 0.29) is 18.2 Å². The molecule has 222 valence electrons. The number of aliphatic carboxylic acids is 2. The molecule has 12 heteroatoms. The first-order chi connectivity index (χ1) is 20.9. The molecule has 0 spiro atoms. The van der Waals surface area contributed by atoms with Crippen LogP contribution in [0.4, 0.5) is 11.6 Å². The van der Waals surface area contributed by atoms with Crippen molar-refractivity contribution >= 4 is 52.0 Å². The Morgan fingerprint density at radius 3 is 2.21 bits per heavy atom. The van der Waals surface area contributed by atoms with E-state index in [4.69, 9.17) is 10.2 Å². The van der Waals surface area contributed by atoms with Crippen molar-refractivity contribution < 1.29 is 24.6 Å². The second-order valence-electron chi connectivity index (χ2n) is 10.2. The fraction of sp³-hybridized carbons (Fsp3) is 0.290. The number of rotatable bonds is 12. The highest BCUT2D eigenvalue weighted by atomic mass is 32.2. The lowest BCUT2D eigenvalue weighted by Crippen LogP contribution is -2.47. The van der Waals surface area contributed by atoms with E-state index in [1.165, 1.54) is 5.56 Å². The maximum absolute atomic E-state index is 12.2. The van der Waals surface area contributed by atoms with Crippen molar-refractivity contribution in [3.8, 4) is 0 Å². The van der Waals surface area contributed by atoms with E-state index in [0.29, 0.717) is 0 Å². The van der Waals surface area contributed by atoms with Crippen LogP contribution in [0.15, 0.2) is 72.9 Å². The number of anilines is 2.